The average Bonchev–Trinajstić information content (AvgIpc) is 2.66. The van der Waals surface area contributed by atoms with Crippen molar-refractivity contribution in [2.75, 3.05) is 44.4 Å². The first-order valence-corrected chi connectivity index (χ1v) is 10.3. The normalized spacial score (nSPS) is 16.3. The van der Waals surface area contributed by atoms with E-state index in [9.17, 15) is 28.1 Å². The molecule has 154 valence electrons. The lowest BCUT2D eigenvalue weighted by Crippen LogP contribution is -2.48. The molecule has 1 N–H and O–H groups in total. The molecule has 2 rings (SSSR count). The Bertz CT molecular complexity index is 879. The van der Waals surface area contributed by atoms with Crippen molar-refractivity contribution in [3.63, 3.8) is 0 Å². The highest BCUT2D eigenvalue weighted by Crippen LogP contribution is 2.26. The Morgan fingerprint density at radius 3 is 2.36 bits per heavy atom. The standard InChI is InChI=1S/C16H22N4O7S/c1-11(16(22)27-2)17-15(21)13-10-12(4-5-14(13)20(23)24)18-6-8-19(9-7-18)28(3,25)26/h4-5,10-11H,6-9H2,1-3H3,(H,17,21). The Labute approximate surface area is 162 Å². The number of carbonyl (C=O) groups excluding carboxylic acids is 2. The number of hydrogen-bond acceptors (Lipinski definition) is 8. The lowest BCUT2D eigenvalue weighted by atomic mass is 10.1. The molecule has 11 nitrogen and oxygen atoms in total. The van der Waals surface area contributed by atoms with Gasteiger partial charge in [0.1, 0.15) is 11.6 Å². The second-order valence-corrected chi connectivity index (χ2v) is 8.31. The highest BCUT2D eigenvalue weighted by Gasteiger charge is 2.27. The van der Waals surface area contributed by atoms with Crippen molar-refractivity contribution < 1.29 is 27.7 Å². The van der Waals surface area contributed by atoms with E-state index in [-0.39, 0.29) is 18.7 Å². The third-order valence-electron chi connectivity index (χ3n) is 4.40. The summed E-state index contributed by atoms with van der Waals surface area (Å²) in [6.45, 7) is 2.71. The van der Waals surface area contributed by atoms with E-state index in [1.165, 1.54) is 36.5 Å². The number of anilines is 1. The summed E-state index contributed by atoms with van der Waals surface area (Å²) in [6, 6.07) is 3.12. The van der Waals surface area contributed by atoms with E-state index in [1.807, 2.05) is 4.90 Å². The molecular weight excluding hydrogens is 392 g/mol. The molecule has 0 aromatic heterocycles. The predicted molar refractivity (Wildman–Crippen MR) is 101 cm³/mol. The lowest BCUT2D eigenvalue weighted by Gasteiger charge is -2.34. The first-order chi connectivity index (χ1) is 13.0. The average molecular weight is 414 g/mol. The molecular formula is C16H22N4O7S. The zero-order chi connectivity index (χ0) is 21.1. The quantitative estimate of drug-likeness (QED) is 0.389. The number of piperazine rings is 1. The number of amides is 1. The minimum atomic E-state index is -3.29. The molecule has 0 spiro atoms. The van der Waals surface area contributed by atoms with Crippen molar-refractivity contribution >= 4 is 33.3 Å². The topological polar surface area (TPSA) is 139 Å². The first-order valence-electron chi connectivity index (χ1n) is 8.41. The van der Waals surface area contributed by atoms with Crippen LogP contribution in [0.5, 0.6) is 0 Å². The van der Waals surface area contributed by atoms with Crippen molar-refractivity contribution in [3.05, 3.63) is 33.9 Å². The van der Waals surface area contributed by atoms with Crippen LogP contribution in [0.25, 0.3) is 0 Å². The predicted octanol–water partition coefficient (Wildman–Crippen LogP) is -0.0323. The molecule has 0 saturated carbocycles. The maximum Gasteiger partial charge on any atom is 0.328 e. The van der Waals surface area contributed by atoms with Crippen molar-refractivity contribution in [2.24, 2.45) is 0 Å². The molecule has 1 heterocycles. The number of methoxy groups -OCH3 is 1. The van der Waals surface area contributed by atoms with Gasteiger partial charge in [0.25, 0.3) is 11.6 Å². The van der Waals surface area contributed by atoms with Gasteiger partial charge in [-0.2, -0.15) is 4.31 Å². The van der Waals surface area contributed by atoms with Gasteiger partial charge in [-0.3, -0.25) is 14.9 Å². The smallest absolute Gasteiger partial charge is 0.328 e. The van der Waals surface area contributed by atoms with E-state index in [0.29, 0.717) is 18.8 Å². The van der Waals surface area contributed by atoms with Gasteiger partial charge >= 0.3 is 5.97 Å². The minimum absolute atomic E-state index is 0.191. The summed E-state index contributed by atoms with van der Waals surface area (Å²) in [5.41, 5.74) is -0.0356. The highest BCUT2D eigenvalue weighted by molar-refractivity contribution is 7.88. The summed E-state index contributed by atoms with van der Waals surface area (Å²) in [6.07, 6.45) is 1.14. The zero-order valence-corrected chi connectivity index (χ0v) is 16.6. The number of nitrogens with zero attached hydrogens (tertiary/aromatic N) is 3. The van der Waals surface area contributed by atoms with Crippen LogP contribution in [-0.2, 0) is 19.6 Å². The Morgan fingerprint density at radius 2 is 1.86 bits per heavy atom. The number of ether oxygens (including phenoxy) is 1. The number of hydrogen-bond donors (Lipinski definition) is 1. The molecule has 1 aliphatic rings. The Kier molecular flexibility index (Phi) is 6.56. The molecule has 1 atom stereocenters. The largest absolute Gasteiger partial charge is 0.467 e. The fourth-order valence-corrected chi connectivity index (χ4v) is 3.68. The van der Waals surface area contributed by atoms with Crippen molar-refractivity contribution in [3.8, 4) is 0 Å². The van der Waals surface area contributed by atoms with E-state index >= 15 is 0 Å². The van der Waals surface area contributed by atoms with E-state index in [2.05, 4.69) is 10.1 Å². The van der Waals surface area contributed by atoms with Gasteiger partial charge in [0, 0.05) is 37.9 Å². The van der Waals surface area contributed by atoms with E-state index in [1.54, 1.807) is 0 Å². The number of nitro benzene ring substituents is 1. The second-order valence-electron chi connectivity index (χ2n) is 6.33. The monoisotopic (exact) mass is 414 g/mol. The Morgan fingerprint density at radius 1 is 1.25 bits per heavy atom. The molecule has 1 unspecified atom stereocenters. The Hall–Kier alpha value is -2.73. The van der Waals surface area contributed by atoms with Crippen molar-refractivity contribution in [1.82, 2.24) is 9.62 Å². The van der Waals surface area contributed by atoms with Crippen LogP contribution < -0.4 is 10.2 Å². The van der Waals surface area contributed by atoms with Crippen LogP contribution in [-0.4, -0.2) is 75.1 Å². The summed E-state index contributed by atoms with van der Waals surface area (Å²) < 4.78 is 29.1. The van der Waals surface area contributed by atoms with Gasteiger partial charge in [-0.25, -0.2) is 13.2 Å². The van der Waals surface area contributed by atoms with Gasteiger partial charge < -0.3 is 15.0 Å². The molecule has 1 aliphatic heterocycles. The van der Waals surface area contributed by atoms with Crippen LogP contribution in [0.3, 0.4) is 0 Å². The molecule has 1 amide bonds. The fourth-order valence-electron chi connectivity index (χ4n) is 2.85. The van der Waals surface area contributed by atoms with E-state index in [0.717, 1.165) is 6.26 Å². The second kappa shape index (κ2) is 8.52. The van der Waals surface area contributed by atoms with Gasteiger partial charge in [-0.05, 0) is 19.1 Å². The van der Waals surface area contributed by atoms with Crippen LogP contribution in [0.1, 0.15) is 17.3 Å². The highest BCUT2D eigenvalue weighted by atomic mass is 32.2. The molecule has 28 heavy (non-hydrogen) atoms. The summed E-state index contributed by atoms with van der Waals surface area (Å²) >= 11 is 0. The summed E-state index contributed by atoms with van der Waals surface area (Å²) in [7, 11) is -2.11. The van der Waals surface area contributed by atoms with Gasteiger partial charge in [-0.1, -0.05) is 0 Å². The van der Waals surface area contributed by atoms with Crippen LogP contribution in [0.2, 0.25) is 0 Å². The molecule has 0 bridgehead atoms. The zero-order valence-electron chi connectivity index (χ0n) is 15.7. The van der Waals surface area contributed by atoms with E-state index < -0.39 is 38.6 Å². The number of esters is 1. The first kappa shape index (κ1) is 21.6. The minimum Gasteiger partial charge on any atom is -0.467 e. The third kappa shape index (κ3) is 4.95. The lowest BCUT2D eigenvalue weighted by molar-refractivity contribution is -0.385. The van der Waals surface area contributed by atoms with Crippen LogP contribution in [0, 0.1) is 10.1 Å². The van der Waals surface area contributed by atoms with Crippen LogP contribution in [0.4, 0.5) is 11.4 Å². The summed E-state index contributed by atoms with van der Waals surface area (Å²) in [5, 5.41) is 13.7. The number of nitro groups is 1. The van der Waals surface area contributed by atoms with Gasteiger partial charge in [0.2, 0.25) is 10.0 Å². The summed E-state index contributed by atoms with van der Waals surface area (Å²) in [5.74, 6) is -1.45. The number of nitrogens with one attached hydrogen (secondary N) is 1. The molecule has 0 radical (unpaired) electrons. The van der Waals surface area contributed by atoms with Crippen molar-refractivity contribution in [1.29, 1.82) is 0 Å². The molecule has 12 heteroatoms. The fraction of sp³-hybridized carbons (Fsp3) is 0.500. The number of benzene rings is 1. The van der Waals surface area contributed by atoms with Gasteiger partial charge in [0.15, 0.2) is 0 Å². The van der Waals surface area contributed by atoms with Crippen molar-refractivity contribution in [2.45, 2.75) is 13.0 Å². The molecule has 0 aliphatic carbocycles. The third-order valence-corrected chi connectivity index (χ3v) is 5.70. The van der Waals surface area contributed by atoms with Crippen LogP contribution in [0.15, 0.2) is 18.2 Å². The Balaban J connectivity index is 2.25. The van der Waals surface area contributed by atoms with Gasteiger partial charge in [-0.15, -0.1) is 0 Å². The molecule has 1 saturated heterocycles. The number of rotatable bonds is 6. The molecule has 1 aromatic rings. The molecule has 1 fully saturated rings. The maximum absolute atomic E-state index is 12.5. The van der Waals surface area contributed by atoms with Crippen LogP contribution >= 0.6 is 0 Å². The number of sulfonamides is 1. The van der Waals surface area contributed by atoms with E-state index in [4.69, 9.17) is 0 Å². The van der Waals surface area contributed by atoms with Gasteiger partial charge in [0.05, 0.1) is 18.3 Å². The number of carbonyl (C=O) groups is 2. The SMILES string of the molecule is COC(=O)C(C)NC(=O)c1cc(N2CCN(S(C)(=O)=O)CC2)ccc1[N+](=O)[O-]. The maximum atomic E-state index is 12.5. The summed E-state index contributed by atoms with van der Waals surface area (Å²) in [4.78, 5) is 36.4. The molecule has 1 aromatic carbocycles.